The van der Waals surface area contributed by atoms with E-state index in [4.69, 9.17) is 9.47 Å². The molecule has 0 aliphatic rings. The summed E-state index contributed by atoms with van der Waals surface area (Å²) in [6, 6.07) is 12.7. The summed E-state index contributed by atoms with van der Waals surface area (Å²) in [6.07, 6.45) is -5.40. The molecule has 4 rings (SSSR count). The highest BCUT2D eigenvalue weighted by atomic mass is 32.1. The molecule has 8 nitrogen and oxygen atoms in total. The van der Waals surface area contributed by atoms with Crippen LogP contribution < -0.4 is 10.9 Å². The molecule has 12 heteroatoms. The Kier molecular flexibility index (Phi) is 7.06. The number of hydrogen-bond donors (Lipinski definition) is 1. The fourth-order valence-electron chi connectivity index (χ4n) is 3.31. The van der Waals surface area contributed by atoms with E-state index in [1.165, 1.54) is 5.38 Å². The lowest BCUT2D eigenvalue weighted by molar-refractivity contribution is -0.137. The van der Waals surface area contributed by atoms with Crippen molar-refractivity contribution in [2.45, 2.75) is 19.7 Å². The molecule has 0 radical (unpaired) electrons. The van der Waals surface area contributed by atoms with E-state index in [2.05, 4.69) is 10.4 Å². The largest absolute Gasteiger partial charge is 0.461 e. The molecular formula is C24H18F3N3O5S. The van der Waals surface area contributed by atoms with Gasteiger partial charge in [0.25, 0.3) is 5.56 Å². The topological polar surface area (TPSA) is 99.5 Å². The summed E-state index contributed by atoms with van der Waals surface area (Å²) in [6.45, 7) is 1.61. The molecule has 0 saturated heterocycles. The minimum atomic E-state index is -4.57. The highest BCUT2D eigenvalue weighted by Crippen LogP contribution is 2.32. The minimum Gasteiger partial charge on any atom is -0.461 e. The first-order valence-electron chi connectivity index (χ1n) is 10.6. The normalized spacial score (nSPS) is 11.3. The highest BCUT2D eigenvalue weighted by molar-refractivity contribution is 7.16. The van der Waals surface area contributed by atoms with Gasteiger partial charge in [-0.1, -0.05) is 30.3 Å². The number of anilines is 1. The monoisotopic (exact) mass is 517 g/mol. The summed E-state index contributed by atoms with van der Waals surface area (Å²) in [4.78, 5) is 38.3. The summed E-state index contributed by atoms with van der Waals surface area (Å²) in [5, 5.41) is 8.17. The van der Waals surface area contributed by atoms with Crippen molar-refractivity contribution in [3.05, 3.63) is 87.2 Å². The third-order valence-corrected chi connectivity index (χ3v) is 5.88. The van der Waals surface area contributed by atoms with Gasteiger partial charge in [0.1, 0.15) is 11.6 Å². The van der Waals surface area contributed by atoms with Crippen molar-refractivity contribution in [2.24, 2.45) is 0 Å². The Hall–Kier alpha value is -4.19. The van der Waals surface area contributed by atoms with Gasteiger partial charge in [-0.2, -0.15) is 23.0 Å². The summed E-state index contributed by atoms with van der Waals surface area (Å²) in [5.74, 6) is -0.834. The van der Waals surface area contributed by atoms with Crippen LogP contribution in [0.4, 0.5) is 23.0 Å². The van der Waals surface area contributed by atoms with Gasteiger partial charge in [0, 0.05) is 10.8 Å². The average Bonchev–Trinajstić information content (AvgIpc) is 3.27. The van der Waals surface area contributed by atoms with Crippen LogP contribution in [0.5, 0.6) is 0 Å². The lowest BCUT2D eigenvalue weighted by atomic mass is 10.2. The number of alkyl halides is 3. The number of nitrogens with one attached hydrogen (secondary N) is 1. The number of thiophene rings is 1. The Morgan fingerprint density at radius 3 is 2.39 bits per heavy atom. The van der Waals surface area contributed by atoms with Gasteiger partial charge >= 0.3 is 18.2 Å². The highest BCUT2D eigenvalue weighted by Gasteiger charge is 2.30. The molecule has 0 spiro atoms. The molecule has 36 heavy (non-hydrogen) atoms. The van der Waals surface area contributed by atoms with Gasteiger partial charge in [0.05, 0.1) is 23.2 Å². The van der Waals surface area contributed by atoms with Gasteiger partial charge in [0.15, 0.2) is 5.69 Å². The van der Waals surface area contributed by atoms with Crippen molar-refractivity contribution < 1.29 is 32.2 Å². The molecule has 0 aliphatic heterocycles. The first-order chi connectivity index (χ1) is 17.2. The summed E-state index contributed by atoms with van der Waals surface area (Å²) in [7, 11) is 0. The maximum absolute atomic E-state index is 13.3. The van der Waals surface area contributed by atoms with E-state index >= 15 is 0 Å². The van der Waals surface area contributed by atoms with Crippen molar-refractivity contribution in [1.82, 2.24) is 9.78 Å². The Bertz CT molecular complexity index is 1460. The molecule has 4 aromatic rings. The molecule has 2 heterocycles. The number of esters is 1. The zero-order valence-corrected chi connectivity index (χ0v) is 19.5. The molecule has 0 fully saturated rings. The van der Waals surface area contributed by atoms with E-state index in [-0.39, 0.29) is 40.4 Å². The van der Waals surface area contributed by atoms with Crippen LogP contribution in [-0.2, 0) is 22.3 Å². The quantitative estimate of drug-likeness (QED) is 0.344. The van der Waals surface area contributed by atoms with Crippen LogP contribution in [0, 0.1) is 0 Å². The van der Waals surface area contributed by atoms with E-state index in [9.17, 15) is 27.6 Å². The molecule has 1 N–H and O–H groups in total. The fraction of sp³-hybridized carbons (Fsp3) is 0.167. The fourth-order valence-corrected chi connectivity index (χ4v) is 4.23. The SMILES string of the molecule is CCOC(=O)c1nn(-c2ccc(C(F)(F)F)cc2)c(=O)c2c(NC(=O)OCc3ccccc3)scc12. The van der Waals surface area contributed by atoms with Crippen molar-refractivity contribution in [1.29, 1.82) is 0 Å². The van der Waals surface area contributed by atoms with E-state index in [1.54, 1.807) is 31.2 Å². The lowest BCUT2D eigenvalue weighted by Crippen LogP contribution is -2.25. The van der Waals surface area contributed by atoms with Crippen molar-refractivity contribution >= 4 is 39.2 Å². The standard InChI is InChI=1S/C24H18F3N3O5S/c1-2-34-22(32)19-17-13-36-20(28-23(33)35-12-14-6-4-3-5-7-14)18(17)21(31)30(29-19)16-10-8-15(9-11-16)24(25,26)27/h3-11,13H,2,12H2,1H3,(H,28,33). The predicted molar refractivity (Wildman–Crippen MR) is 126 cm³/mol. The molecular weight excluding hydrogens is 499 g/mol. The number of nitrogens with zero attached hydrogens (tertiary/aromatic N) is 2. The number of hydrogen-bond acceptors (Lipinski definition) is 7. The Balaban J connectivity index is 1.74. The number of rotatable bonds is 6. The number of halogens is 3. The predicted octanol–water partition coefficient (Wildman–Crippen LogP) is 5.39. The summed E-state index contributed by atoms with van der Waals surface area (Å²) >= 11 is 0.965. The first kappa shape index (κ1) is 24.9. The summed E-state index contributed by atoms with van der Waals surface area (Å²) < 4.78 is 49.9. The van der Waals surface area contributed by atoms with Gasteiger partial charge in [-0.15, -0.1) is 11.3 Å². The minimum absolute atomic E-state index is 0.00995. The van der Waals surface area contributed by atoms with Crippen LogP contribution in [-0.4, -0.2) is 28.4 Å². The van der Waals surface area contributed by atoms with E-state index in [0.717, 1.165) is 45.8 Å². The molecule has 0 atom stereocenters. The van der Waals surface area contributed by atoms with Crippen molar-refractivity contribution in [2.75, 3.05) is 11.9 Å². The Morgan fingerprint density at radius 2 is 1.75 bits per heavy atom. The zero-order valence-electron chi connectivity index (χ0n) is 18.7. The van der Waals surface area contributed by atoms with E-state index in [1.807, 2.05) is 6.07 Å². The number of aromatic nitrogens is 2. The van der Waals surface area contributed by atoms with E-state index in [0.29, 0.717) is 0 Å². The molecule has 0 unspecified atom stereocenters. The van der Waals surface area contributed by atoms with Crippen LogP contribution in [0.15, 0.2) is 64.8 Å². The van der Waals surface area contributed by atoms with Crippen molar-refractivity contribution in [3.63, 3.8) is 0 Å². The van der Waals surface area contributed by atoms with Crippen LogP contribution in [0.25, 0.3) is 16.5 Å². The van der Waals surface area contributed by atoms with Crippen LogP contribution in [0.3, 0.4) is 0 Å². The van der Waals surface area contributed by atoms with E-state index < -0.39 is 29.4 Å². The maximum Gasteiger partial charge on any atom is 0.416 e. The number of benzene rings is 2. The molecule has 0 saturated carbocycles. The second-order valence-corrected chi connectivity index (χ2v) is 8.25. The molecule has 1 amide bonds. The van der Waals surface area contributed by atoms with Gasteiger partial charge in [-0.05, 0) is 36.8 Å². The summed E-state index contributed by atoms with van der Waals surface area (Å²) in [5.41, 5.74) is -1.15. The number of ether oxygens (including phenoxy) is 2. The number of carbonyl (C=O) groups is 2. The molecule has 186 valence electrons. The molecule has 0 bridgehead atoms. The van der Waals surface area contributed by atoms with Gasteiger partial charge < -0.3 is 9.47 Å². The van der Waals surface area contributed by atoms with Gasteiger partial charge in [-0.3, -0.25) is 10.1 Å². The molecule has 2 aromatic heterocycles. The average molecular weight is 517 g/mol. The van der Waals surface area contributed by atoms with Crippen molar-refractivity contribution in [3.8, 4) is 5.69 Å². The van der Waals surface area contributed by atoms with Gasteiger partial charge in [0.2, 0.25) is 0 Å². The third-order valence-electron chi connectivity index (χ3n) is 4.99. The maximum atomic E-state index is 13.3. The number of fused-ring (bicyclic) bond motifs is 1. The van der Waals surface area contributed by atoms with Crippen LogP contribution in [0.1, 0.15) is 28.5 Å². The lowest BCUT2D eigenvalue weighted by Gasteiger charge is -2.11. The van der Waals surface area contributed by atoms with Gasteiger partial charge in [-0.25, -0.2) is 9.59 Å². The number of amides is 1. The third kappa shape index (κ3) is 5.23. The second-order valence-electron chi connectivity index (χ2n) is 7.37. The number of carbonyl (C=O) groups excluding carboxylic acids is 2. The van der Waals surface area contributed by atoms with Crippen LogP contribution >= 0.6 is 11.3 Å². The Morgan fingerprint density at radius 1 is 1.06 bits per heavy atom. The zero-order chi connectivity index (χ0) is 25.9. The van der Waals surface area contributed by atoms with Crippen LogP contribution in [0.2, 0.25) is 0 Å². The second kappa shape index (κ2) is 10.2. The Labute approximate surface area is 205 Å². The molecule has 2 aromatic carbocycles. The molecule has 0 aliphatic carbocycles. The smallest absolute Gasteiger partial charge is 0.416 e. The first-order valence-corrected chi connectivity index (χ1v) is 11.4.